The molecule has 2 rings (SSSR count). The molecule has 1 amide bonds. The zero-order valence-electron chi connectivity index (χ0n) is 12.2. The van der Waals surface area contributed by atoms with Gasteiger partial charge < -0.3 is 11.1 Å². The molecule has 0 aliphatic heterocycles. The Morgan fingerprint density at radius 3 is 2.76 bits per heavy atom. The highest BCUT2D eigenvalue weighted by molar-refractivity contribution is 6.31. The highest BCUT2D eigenvalue weighted by Gasteiger charge is 2.09. The Labute approximate surface area is 129 Å². The van der Waals surface area contributed by atoms with E-state index in [1.54, 1.807) is 18.2 Å². The third kappa shape index (κ3) is 3.98. The lowest BCUT2D eigenvalue weighted by atomic mass is 10.1. The van der Waals surface area contributed by atoms with Crippen LogP contribution < -0.4 is 11.1 Å². The number of hydrogen-bond acceptors (Lipinski definition) is 3. The summed E-state index contributed by atoms with van der Waals surface area (Å²) in [5.41, 5.74) is 8.75. The van der Waals surface area contributed by atoms with Crippen molar-refractivity contribution in [3.05, 3.63) is 46.2 Å². The molecule has 1 aromatic carbocycles. The maximum absolute atomic E-state index is 12.0. The fourth-order valence-corrected chi connectivity index (χ4v) is 2.35. The van der Waals surface area contributed by atoms with Crippen LogP contribution in [0.1, 0.15) is 28.2 Å². The molecule has 112 valence electrons. The third-order valence-electron chi connectivity index (χ3n) is 3.19. The fourth-order valence-electron chi connectivity index (χ4n) is 2.17. The van der Waals surface area contributed by atoms with Gasteiger partial charge in [-0.25, -0.2) is 0 Å². The van der Waals surface area contributed by atoms with Crippen LogP contribution in [0.15, 0.2) is 24.3 Å². The number of nitrogens with two attached hydrogens (primary N) is 1. The van der Waals surface area contributed by atoms with Crippen molar-refractivity contribution >= 4 is 23.2 Å². The van der Waals surface area contributed by atoms with E-state index in [0.717, 1.165) is 24.4 Å². The molecule has 1 aromatic heterocycles. The summed E-state index contributed by atoms with van der Waals surface area (Å²) in [6, 6.07) is 6.90. The van der Waals surface area contributed by atoms with Gasteiger partial charge in [-0.05, 0) is 44.5 Å². The van der Waals surface area contributed by atoms with E-state index < -0.39 is 0 Å². The maximum atomic E-state index is 12.0. The molecule has 2 aromatic rings. The first kappa shape index (κ1) is 15.4. The predicted molar refractivity (Wildman–Crippen MR) is 84.5 cm³/mol. The van der Waals surface area contributed by atoms with Crippen LogP contribution in [0.2, 0.25) is 5.02 Å². The Balaban J connectivity index is 1.83. The van der Waals surface area contributed by atoms with Crippen LogP contribution in [0.25, 0.3) is 0 Å². The number of aromatic nitrogens is 2. The summed E-state index contributed by atoms with van der Waals surface area (Å²) in [5, 5.41) is 7.75. The number of aryl methyl sites for hydroxylation is 3. The SMILES string of the molecule is Cc1cc(C)n(CCCNC(=O)c2ccc(Cl)cc2N)n1. The average Bonchev–Trinajstić information content (AvgIpc) is 2.73. The molecule has 5 nitrogen and oxygen atoms in total. The van der Waals surface area contributed by atoms with Gasteiger partial charge in [-0.1, -0.05) is 11.6 Å². The first-order chi connectivity index (χ1) is 9.97. The zero-order valence-corrected chi connectivity index (χ0v) is 12.9. The second-order valence-corrected chi connectivity index (χ2v) is 5.43. The number of hydrogen-bond donors (Lipinski definition) is 2. The van der Waals surface area contributed by atoms with Gasteiger partial charge >= 0.3 is 0 Å². The van der Waals surface area contributed by atoms with E-state index in [1.165, 1.54) is 0 Å². The largest absolute Gasteiger partial charge is 0.398 e. The van der Waals surface area contributed by atoms with Crippen molar-refractivity contribution < 1.29 is 4.79 Å². The van der Waals surface area contributed by atoms with Gasteiger partial charge in [0, 0.05) is 29.5 Å². The van der Waals surface area contributed by atoms with Crippen LogP contribution in [-0.4, -0.2) is 22.2 Å². The minimum Gasteiger partial charge on any atom is -0.398 e. The molecule has 0 atom stereocenters. The number of rotatable bonds is 5. The van der Waals surface area contributed by atoms with Crippen molar-refractivity contribution in [1.29, 1.82) is 0 Å². The van der Waals surface area contributed by atoms with Crippen LogP contribution in [0.5, 0.6) is 0 Å². The van der Waals surface area contributed by atoms with Gasteiger partial charge in [0.1, 0.15) is 0 Å². The van der Waals surface area contributed by atoms with Crippen molar-refractivity contribution in [2.45, 2.75) is 26.8 Å². The molecule has 0 saturated heterocycles. The standard InChI is InChI=1S/C15H19ClN4O/c1-10-8-11(2)20(19-10)7-3-6-18-15(21)13-5-4-12(16)9-14(13)17/h4-5,8-9H,3,6-7,17H2,1-2H3,(H,18,21). The normalized spacial score (nSPS) is 10.6. The number of amides is 1. The molecule has 0 saturated carbocycles. The Morgan fingerprint density at radius 1 is 1.38 bits per heavy atom. The molecular weight excluding hydrogens is 288 g/mol. The number of carbonyl (C=O) groups excluding carboxylic acids is 1. The maximum Gasteiger partial charge on any atom is 0.253 e. The molecule has 0 unspecified atom stereocenters. The second kappa shape index (κ2) is 6.63. The lowest BCUT2D eigenvalue weighted by Gasteiger charge is -2.08. The number of nitrogen functional groups attached to an aromatic ring is 1. The van der Waals surface area contributed by atoms with Crippen LogP contribution in [0, 0.1) is 13.8 Å². The molecule has 0 aliphatic carbocycles. The van der Waals surface area contributed by atoms with E-state index in [-0.39, 0.29) is 5.91 Å². The third-order valence-corrected chi connectivity index (χ3v) is 3.43. The molecular formula is C15H19ClN4O. The monoisotopic (exact) mass is 306 g/mol. The van der Waals surface area contributed by atoms with E-state index in [2.05, 4.69) is 10.4 Å². The van der Waals surface area contributed by atoms with Crippen molar-refractivity contribution in [1.82, 2.24) is 15.1 Å². The van der Waals surface area contributed by atoms with Gasteiger partial charge in [-0.3, -0.25) is 9.48 Å². The minimum atomic E-state index is -0.183. The fraction of sp³-hybridized carbons (Fsp3) is 0.333. The Hall–Kier alpha value is -2.01. The van der Waals surface area contributed by atoms with Crippen molar-refractivity contribution in [2.75, 3.05) is 12.3 Å². The molecule has 3 N–H and O–H groups in total. The smallest absolute Gasteiger partial charge is 0.253 e. The summed E-state index contributed by atoms with van der Waals surface area (Å²) in [6.07, 6.45) is 0.807. The van der Waals surface area contributed by atoms with Crippen molar-refractivity contribution in [2.24, 2.45) is 0 Å². The van der Waals surface area contributed by atoms with Gasteiger partial charge in [-0.2, -0.15) is 5.10 Å². The number of halogens is 1. The molecule has 0 radical (unpaired) electrons. The van der Waals surface area contributed by atoms with Gasteiger partial charge in [0.15, 0.2) is 0 Å². The second-order valence-electron chi connectivity index (χ2n) is 4.99. The van der Waals surface area contributed by atoms with E-state index in [0.29, 0.717) is 22.8 Å². The van der Waals surface area contributed by atoms with Crippen LogP contribution in [0.3, 0.4) is 0 Å². The van der Waals surface area contributed by atoms with Crippen molar-refractivity contribution in [3.63, 3.8) is 0 Å². The van der Waals surface area contributed by atoms with E-state index in [4.69, 9.17) is 17.3 Å². The molecule has 0 spiro atoms. The predicted octanol–water partition coefficient (Wildman–Crippen LogP) is 2.56. The zero-order chi connectivity index (χ0) is 15.4. The first-order valence-corrected chi connectivity index (χ1v) is 7.19. The Morgan fingerprint density at radius 2 is 2.14 bits per heavy atom. The molecule has 0 aliphatic rings. The molecule has 6 heteroatoms. The molecule has 0 bridgehead atoms. The minimum absolute atomic E-state index is 0.183. The van der Waals surface area contributed by atoms with E-state index >= 15 is 0 Å². The lowest BCUT2D eigenvalue weighted by Crippen LogP contribution is -2.26. The lowest BCUT2D eigenvalue weighted by molar-refractivity contribution is 0.0953. The summed E-state index contributed by atoms with van der Waals surface area (Å²) < 4.78 is 1.94. The summed E-state index contributed by atoms with van der Waals surface area (Å²) in [7, 11) is 0. The number of nitrogens with one attached hydrogen (secondary N) is 1. The Bertz CT molecular complexity index is 651. The summed E-state index contributed by atoms with van der Waals surface area (Å²) in [6.45, 7) is 5.33. The molecule has 1 heterocycles. The average molecular weight is 307 g/mol. The van der Waals surface area contributed by atoms with Gasteiger partial charge in [0.25, 0.3) is 5.91 Å². The summed E-state index contributed by atoms with van der Waals surface area (Å²) in [4.78, 5) is 12.0. The van der Waals surface area contributed by atoms with Crippen LogP contribution in [0.4, 0.5) is 5.69 Å². The quantitative estimate of drug-likeness (QED) is 0.658. The van der Waals surface area contributed by atoms with Crippen LogP contribution in [-0.2, 0) is 6.54 Å². The highest BCUT2D eigenvalue weighted by atomic mass is 35.5. The molecule has 0 fully saturated rings. The van der Waals surface area contributed by atoms with Gasteiger partial charge in [0.2, 0.25) is 0 Å². The number of benzene rings is 1. The van der Waals surface area contributed by atoms with E-state index in [1.807, 2.05) is 24.6 Å². The summed E-state index contributed by atoms with van der Waals surface area (Å²) >= 11 is 5.81. The number of anilines is 1. The number of carbonyl (C=O) groups is 1. The van der Waals surface area contributed by atoms with Gasteiger partial charge in [0.05, 0.1) is 11.3 Å². The number of nitrogens with zero attached hydrogens (tertiary/aromatic N) is 2. The van der Waals surface area contributed by atoms with Crippen LogP contribution >= 0.6 is 11.6 Å². The molecule has 21 heavy (non-hydrogen) atoms. The highest BCUT2D eigenvalue weighted by Crippen LogP contribution is 2.17. The first-order valence-electron chi connectivity index (χ1n) is 6.81. The summed E-state index contributed by atoms with van der Waals surface area (Å²) in [5.74, 6) is -0.183. The van der Waals surface area contributed by atoms with E-state index in [9.17, 15) is 4.79 Å². The van der Waals surface area contributed by atoms with Crippen molar-refractivity contribution in [3.8, 4) is 0 Å². The van der Waals surface area contributed by atoms with Gasteiger partial charge in [-0.15, -0.1) is 0 Å². The topological polar surface area (TPSA) is 72.9 Å². The Kier molecular flexibility index (Phi) is 4.85.